The van der Waals surface area contributed by atoms with Gasteiger partial charge < -0.3 is 10.1 Å². The van der Waals surface area contributed by atoms with Crippen LogP contribution in [-0.2, 0) is 17.8 Å². The number of hydrogen-bond acceptors (Lipinski definition) is 5. The molecule has 1 aromatic rings. The average Bonchev–Trinajstić information content (AvgIpc) is 2.72. The number of methoxy groups -OCH3 is 1. The van der Waals surface area contributed by atoms with Crippen LogP contribution in [0.3, 0.4) is 0 Å². The SMILES string of the molecule is CNCc1nc(CN(CCOC)C(C)C)cs1. The third-order valence-corrected chi connectivity index (χ3v) is 3.50. The van der Waals surface area contributed by atoms with Crippen LogP contribution in [0.5, 0.6) is 0 Å². The van der Waals surface area contributed by atoms with Gasteiger partial charge in [0.2, 0.25) is 0 Å². The molecule has 0 amide bonds. The van der Waals surface area contributed by atoms with E-state index in [1.807, 2.05) is 7.05 Å². The number of hydrogen-bond donors (Lipinski definition) is 1. The van der Waals surface area contributed by atoms with Crippen molar-refractivity contribution in [2.75, 3.05) is 27.3 Å². The highest BCUT2D eigenvalue weighted by molar-refractivity contribution is 7.09. The minimum absolute atomic E-state index is 0.514. The van der Waals surface area contributed by atoms with Crippen LogP contribution < -0.4 is 5.32 Å². The molecule has 1 N–H and O–H groups in total. The van der Waals surface area contributed by atoms with Gasteiger partial charge in [0.15, 0.2) is 0 Å². The lowest BCUT2D eigenvalue weighted by Gasteiger charge is -2.25. The molecule has 0 aromatic carbocycles. The van der Waals surface area contributed by atoms with E-state index in [1.165, 1.54) is 0 Å². The van der Waals surface area contributed by atoms with Crippen molar-refractivity contribution >= 4 is 11.3 Å². The van der Waals surface area contributed by atoms with Crippen molar-refractivity contribution in [2.24, 2.45) is 0 Å². The first-order valence-electron chi connectivity index (χ1n) is 5.98. The van der Waals surface area contributed by atoms with Gasteiger partial charge in [-0.15, -0.1) is 11.3 Å². The molecule has 4 nitrogen and oxygen atoms in total. The van der Waals surface area contributed by atoms with Crippen LogP contribution in [0.2, 0.25) is 0 Å². The molecular formula is C12H23N3OS. The van der Waals surface area contributed by atoms with E-state index in [2.05, 4.69) is 34.4 Å². The molecule has 5 heteroatoms. The van der Waals surface area contributed by atoms with Crippen molar-refractivity contribution in [2.45, 2.75) is 33.0 Å². The lowest BCUT2D eigenvalue weighted by molar-refractivity contribution is 0.124. The normalized spacial score (nSPS) is 11.6. The topological polar surface area (TPSA) is 37.4 Å². The van der Waals surface area contributed by atoms with Gasteiger partial charge in [0.05, 0.1) is 12.3 Å². The van der Waals surface area contributed by atoms with E-state index in [9.17, 15) is 0 Å². The summed E-state index contributed by atoms with van der Waals surface area (Å²) in [6, 6.07) is 0.514. The fourth-order valence-electron chi connectivity index (χ4n) is 1.59. The number of nitrogens with zero attached hydrogens (tertiary/aromatic N) is 2. The Hall–Kier alpha value is -0.490. The van der Waals surface area contributed by atoms with Crippen molar-refractivity contribution in [1.29, 1.82) is 0 Å². The maximum absolute atomic E-state index is 5.13. The zero-order chi connectivity index (χ0) is 12.7. The summed E-state index contributed by atoms with van der Waals surface area (Å²) in [6.07, 6.45) is 0. The van der Waals surface area contributed by atoms with Gasteiger partial charge in [-0.25, -0.2) is 4.98 Å². The van der Waals surface area contributed by atoms with Crippen LogP contribution in [0, 0.1) is 0 Å². The van der Waals surface area contributed by atoms with Crippen LogP contribution in [0.1, 0.15) is 24.5 Å². The summed E-state index contributed by atoms with van der Waals surface area (Å²) in [7, 11) is 3.69. The van der Waals surface area contributed by atoms with E-state index < -0.39 is 0 Å². The Balaban J connectivity index is 2.52. The van der Waals surface area contributed by atoms with Gasteiger partial charge in [0.1, 0.15) is 5.01 Å². The summed E-state index contributed by atoms with van der Waals surface area (Å²) in [5.74, 6) is 0. The highest BCUT2D eigenvalue weighted by atomic mass is 32.1. The van der Waals surface area contributed by atoms with E-state index in [4.69, 9.17) is 4.74 Å². The van der Waals surface area contributed by atoms with Crippen LogP contribution in [0.15, 0.2) is 5.38 Å². The summed E-state index contributed by atoms with van der Waals surface area (Å²) in [5, 5.41) is 6.42. The molecule has 0 saturated heterocycles. The van der Waals surface area contributed by atoms with Crippen molar-refractivity contribution in [3.05, 3.63) is 16.1 Å². The van der Waals surface area contributed by atoms with Gasteiger partial charge >= 0.3 is 0 Å². The Morgan fingerprint density at radius 2 is 2.29 bits per heavy atom. The number of rotatable bonds is 8. The van der Waals surface area contributed by atoms with Gasteiger partial charge in [0.25, 0.3) is 0 Å². The molecule has 17 heavy (non-hydrogen) atoms. The zero-order valence-electron chi connectivity index (χ0n) is 11.2. The Morgan fingerprint density at radius 1 is 1.53 bits per heavy atom. The molecule has 1 heterocycles. The third kappa shape index (κ3) is 5.12. The summed E-state index contributed by atoms with van der Waals surface area (Å²) >= 11 is 1.72. The highest BCUT2D eigenvalue weighted by Gasteiger charge is 2.11. The Kier molecular flexibility index (Phi) is 6.65. The number of nitrogens with one attached hydrogen (secondary N) is 1. The predicted molar refractivity (Wildman–Crippen MR) is 72.3 cm³/mol. The molecule has 0 atom stereocenters. The molecule has 0 radical (unpaired) electrons. The molecule has 0 aliphatic rings. The molecule has 0 spiro atoms. The average molecular weight is 257 g/mol. The summed E-state index contributed by atoms with van der Waals surface area (Å²) in [4.78, 5) is 6.98. The third-order valence-electron chi connectivity index (χ3n) is 2.61. The van der Waals surface area contributed by atoms with E-state index in [-0.39, 0.29) is 0 Å². The van der Waals surface area contributed by atoms with E-state index in [0.29, 0.717) is 6.04 Å². The molecule has 1 aromatic heterocycles. The van der Waals surface area contributed by atoms with E-state index in [1.54, 1.807) is 18.4 Å². The van der Waals surface area contributed by atoms with Gasteiger partial charge in [-0.2, -0.15) is 0 Å². The summed E-state index contributed by atoms with van der Waals surface area (Å²) < 4.78 is 5.13. The van der Waals surface area contributed by atoms with Gasteiger partial charge in [0, 0.05) is 38.2 Å². The Morgan fingerprint density at radius 3 is 2.88 bits per heavy atom. The first-order valence-corrected chi connectivity index (χ1v) is 6.86. The Labute approximate surface area is 108 Å². The molecule has 0 aliphatic carbocycles. The van der Waals surface area contributed by atoms with Crippen molar-refractivity contribution < 1.29 is 4.74 Å². The fraction of sp³-hybridized carbons (Fsp3) is 0.750. The quantitative estimate of drug-likeness (QED) is 0.769. The highest BCUT2D eigenvalue weighted by Crippen LogP contribution is 2.13. The molecular weight excluding hydrogens is 234 g/mol. The van der Waals surface area contributed by atoms with Gasteiger partial charge in [-0.05, 0) is 20.9 Å². The molecule has 98 valence electrons. The predicted octanol–water partition coefficient (Wildman–Crippen LogP) is 1.72. The maximum atomic E-state index is 5.13. The largest absolute Gasteiger partial charge is 0.383 e. The molecule has 0 saturated carbocycles. The molecule has 0 fully saturated rings. The monoisotopic (exact) mass is 257 g/mol. The second-order valence-corrected chi connectivity index (χ2v) is 5.26. The smallest absolute Gasteiger partial charge is 0.107 e. The van der Waals surface area contributed by atoms with Crippen LogP contribution in [0.25, 0.3) is 0 Å². The maximum Gasteiger partial charge on any atom is 0.107 e. The second kappa shape index (κ2) is 7.76. The Bertz CT molecular complexity index is 314. The van der Waals surface area contributed by atoms with Crippen LogP contribution in [-0.4, -0.2) is 43.2 Å². The van der Waals surface area contributed by atoms with Gasteiger partial charge in [-0.1, -0.05) is 0 Å². The van der Waals surface area contributed by atoms with Crippen LogP contribution >= 0.6 is 11.3 Å². The van der Waals surface area contributed by atoms with E-state index >= 15 is 0 Å². The number of ether oxygens (including phenoxy) is 1. The lowest BCUT2D eigenvalue weighted by atomic mass is 10.3. The minimum atomic E-state index is 0.514. The molecule has 1 rings (SSSR count). The van der Waals surface area contributed by atoms with Crippen molar-refractivity contribution in [1.82, 2.24) is 15.2 Å². The van der Waals surface area contributed by atoms with Crippen molar-refractivity contribution in [3.8, 4) is 0 Å². The standard InChI is InChI=1S/C12H23N3OS/c1-10(2)15(5-6-16-4)8-11-9-17-12(14-11)7-13-3/h9-10,13H,5-8H2,1-4H3. The second-order valence-electron chi connectivity index (χ2n) is 4.32. The van der Waals surface area contributed by atoms with Gasteiger partial charge in [-0.3, -0.25) is 4.90 Å². The summed E-state index contributed by atoms with van der Waals surface area (Å²) in [5.41, 5.74) is 1.16. The minimum Gasteiger partial charge on any atom is -0.383 e. The lowest BCUT2D eigenvalue weighted by Crippen LogP contribution is -2.33. The molecule has 0 unspecified atom stereocenters. The fourth-order valence-corrected chi connectivity index (χ4v) is 2.39. The first kappa shape index (κ1) is 14.6. The first-order chi connectivity index (χ1) is 8.17. The number of thiazole rings is 1. The van der Waals surface area contributed by atoms with Crippen LogP contribution in [0.4, 0.5) is 0 Å². The molecule has 0 bridgehead atoms. The summed E-state index contributed by atoms with van der Waals surface area (Å²) in [6.45, 7) is 7.89. The molecule has 0 aliphatic heterocycles. The van der Waals surface area contributed by atoms with E-state index in [0.717, 1.165) is 36.9 Å². The number of aromatic nitrogens is 1. The zero-order valence-corrected chi connectivity index (χ0v) is 12.0. The van der Waals surface area contributed by atoms with Crippen molar-refractivity contribution in [3.63, 3.8) is 0 Å².